The molecule has 2 heterocycles. The molecule has 0 aliphatic carbocycles. The molecule has 1 aromatic rings. The average molecular weight is 238 g/mol. The molecule has 2 atom stereocenters. The molecule has 2 rings (SSSR count). The maximum atomic E-state index is 12.2. The number of carbonyl (C=O) groups is 1. The van der Waals surface area contributed by atoms with Crippen LogP contribution < -0.4 is 5.73 Å². The van der Waals surface area contributed by atoms with Crippen molar-refractivity contribution in [3.05, 3.63) is 23.7 Å². The maximum Gasteiger partial charge on any atom is 0.290 e. The van der Waals surface area contributed by atoms with E-state index in [4.69, 9.17) is 14.9 Å². The molecule has 94 valence electrons. The SMILES string of the molecule is Cc1ccoc1C(=O)N1CC(C)OC(CN)C1. The van der Waals surface area contributed by atoms with Gasteiger partial charge in [0.25, 0.3) is 5.91 Å². The highest BCUT2D eigenvalue weighted by Crippen LogP contribution is 2.17. The number of hydrogen-bond acceptors (Lipinski definition) is 4. The van der Waals surface area contributed by atoms with Crippen LogP contribution in [0.15, 0.2) is 16.7 Å². The molecule has 1 aliphatic rings. The van der Waals surface area contributed by atoms with Gasteiger partial charge in [0.2, 0.25) is 0 Å². The van der Waals surface area contributed by atoms with E-state index in [2.05, 4.69) is 0 Å². The van der Waals surface area contributed by atoms with E-state index in [1.54, 1.807) is 11.0 Å². The summed E-state index contributed by atoms with van der Waals surface area (Å²) in [6.45, 7) is 5.33. The standard InChI is InChI=1S/C12H18N2O3/c1-8-3-4-16-11(8)12(15)14-6-9(2)17-10(5-13)7-14/h3-4,9-10H,5-7,13H2,1-2H3. The zero-order valence-electron chi connectivity index (χ0n) is 10.2. The van der Waals surface area contributed by atoms with Crippen LogP contribution in [-0.2, 0) is 4.74 Å². The minimum Gasteiger partial charge on any atom is -0.459 e. The van der Waals surface area contributed by atoms with Crippen molar-refractivity contribution < 1.29 is 13.9 Å². The molecule has 2 N–H and O–H groups in total. The lowest BCUT2D eigenvalue weighted by molar-refractivity contribution is -0.0631. The molecule has 1 fully saturated rings. The lowest BCUT2D eigenvalue weighted by atomic mass is 10.2. The predicted octanol–water partition coefficient (Wildman–Crippen LogP) is 0.776. The Morgan fingerprint density at radius 2 is 2.35 bits per heavy atom. The van der Waals surface area contributed by atoms with E-state index in [-0.39, 0.29) is 18.1 Å². The van der Waals surface area contributed by atoms with Crippen molar-refractivity contribution in [2.24, 2.45) is 5.73 Å². The largest absolute Gasteiger partial charge is 0.459 e. The molecule has 0 bridgehead atoms. The average Bonchev–Trinajstić information content (AvgIpc) is 2.73. The van der Waals surface area contributed by atoms with Gasteiger partial charge >= 0.3 is 0 Å². The maximum absolute atomic E-state index is 12.2. The second kappa shape index (κ2) is 4.89. The zero-order valence-corrected chi connectivity index (χ0v) is 10.2. The van der Waals surface area contributed by atoms with Crippen LogP contribution in [0.5, 0.6) is 0 Å². The topological polar surface area (TPSA) is 68.7 Å². The molecular weight excluding hydrogens is 220 g/mol. The van der Waals surface area contributed by atoms with Crippen molar-refractivity contribution in [3.8, 4) is 0 Å². The van der Waals surface area contributed by atoms with Gasteiger partial charge in [-0.3, -0.25) is 4.79 Å². The van der Waals surface area contributed by atoms with E-state index < -0.39 is 0 Å². The third kappa shape index (κ3) is 2.50. The lowest BCUT2D eigenvalue weighted by Gasteiger charge is -2.36. The van der Waals surface area contributed by atoms with Crippen LogP contribution in [0.25, 0.3) is 0 Å². The van der Waals surface area contributed by atoms with Crippen LogP contribution in [0.3, 0.4) is 0 Å². The number of nitrogens with zero attached hydrogens (tertiary/aromatic N) is 1. The molecule has 17 heavy (non-hydrogen) atoms. The van der Waals surface area contributed by atoms with Gasteiger partial charge in [0.15, 0.2) is 5.76 Å². The molecule has 0 spiro atoms. The fourth-order valence-corrected chi connectivity index (χ4v) is 2.08. The Bertz CT molecular complexity index is 402. The van der Waals surface area contributed by atoms with Crippen LogP contribution >= 0.6 is 0 Å². The van der Waals surface area contributed by atoms with Gasteiger partial charge in [-0.05, 0) is 19.9 Å². The Morgan fingerprint density at radius 1 is 1.59 bits per heavy atom. The lowest BCUT2D eigenvalue weighted by Crippen LogP contribution is -2.51. The van der Waals surface area contributed by atoms with Crippen molar-refractivity contribution in [3.63, 3.8) is 0 Å². The number of carbonyl (C=O) groups excluding carboxylic acids is 1. The number of aryl methyl sites for hydroxylation is 1. The number of furan rings is 1. The molecule has 1 aliphatic heterocycles. The minimum absolute atomic E-state index is 0.0107. The van der Waals surface area contributed by atoms with Gasteiger partial charge in [-0.1, -0.05) is 0 Å². The van der Waals surface area contributed by atoms with Gasteiger partial charge in [-0.2, -0.15) is 0 Å². The third-order valence-corrected chi connectivity index (χ3v) is 2.93. The first kappa shape index (κ1) is 12.1. The van der Waals surface area contributed by atoms with E-state index >= 15 is 0 Å². The first-order chi connectivity index (χ1) is 8.11. The Labute approximate surface area is 101 Å². The number of nitrogens with two attached hydrogens (primary N) is 1. The van der Waals surface area contributed by atoms with E-state index in [9.17, 15) is 4.79 Å². The van der Waals surface area contributed by atoms with Crippen LogP contribution in [0.1, 0.15) is 23.0 Å². The van der Waals surface area contributed by atoms with E-state index in [1.165, 1.54) is 6.26 Å². The third-order valence-electron chi connectivity index (χ3n) is 2.93. The summed E-state index contributed by atoms with van der Waals surface area (Å²) >= 11 is 0. The van der Waals surface area contributed by atoms with Gasteiger partial charge in [0, 0.05) is 25.2 Å². The van der Waals surface area contributed by atoms with Crippen LogP contribution in [0, 0.1) is 6.92 Å². The van der Waals surface area contributed by atoms with Gasteiger partial charge in [0.1, 0.15) is 0 Å². The first-order valence-corrected chi connectivity index (χ1v) is 5.80. The highest BCUT2D eigenvalue weighted by molar-refractivity contribution is 5.92. The van der Waals surface area contributed by atoms with E-state index in [0.29, 0.717) is 25.4 Å². The molecular formula is C12H18N2O3. The molecule has 5 nitrogen and oxygen atoms in total. The van der Waals surface area contributed by atoms with Gasteiger partial charge in [-0.15, -0.1) is 0 Å². The Hall–Kier alpha value is -1.33. The molecule has 0 radical (unpaired) electrons. The Kier molecular flexibility index (Phi) is 3.49. The fraction of sp³-hybridized carbons (Fsp3) is 0.583. The summed E-state index contributed by atoms with van der Waals surface area (Å²) in [5.74, 6) is 0.330. The number of morpholine rings is 1. The second-order valence-corrected chi connectivity index (χ2v) is 4.45. The Morgan fingerprint density at radius 3 is 2.94 bits per heavy atom. The van der Waals surface area contributed by atoms with Crippen molar-refractivity contribution in [1.82, 2.24) is 4.90 Å². The van der Waals surface area contributed by atoms with Gasteiger partial charge < -0.3 is 19.8 Å². The highest BCUT2D eigenvalue weighted by Gasteiger charge is 2.30. The zero-order chi connectivity index (χ0) is 12.4. The van der Waals surface area contributed by atoms with Gasteiger partial charge in [-0.25, -0.2) is 0 Å². The van der Waals surface area contributed by atoms with Crippen molar-refractivity contribution in [2.45, 2.75) is 26.1 Å². The van der Waals surface area contributed by atoms with E-state index in [0.717, 1.165) is 5.56 Å². The second-order valence-electron chi connectivity index (χ2n) is 4.45. The van der Waals surface area contributed by atoms with Crippen molar-refractivity contribution >= 4 is 5.91 Å². The van der Waals surface area contributed by atoms with E-state index in [1.807, 2.05) is 13.8 Å². The molecule has 0 saturated carbocycles. The van der Waals surface area contributed by atoms with Crippen LogP contribution in [0.2, 0.25) is 0 Å². The Balaban J connectivity index is 2.11. The highest BCUT2D eigenvalue weighted by atomic mass is 16.5. The summed E-state index contributed by atoms with van der Waals surface area (Å²) in [5.41, 5.74) is 6.45. The molecule has 1 aromatic heterocycles. The predicted molar refractivity (Wildman–Crippen MR) is 62.7 cm³/mol. The number of ether oxygens (including phenoxy) is 1. The van der Waals surface area contributed by atoms with Crippen LogP contribution in [0.4, 0.5) is 0 Å². The summed E-state index contributed by atoms with van der Waals surface area (Å²) in [4.78, 5) is 14.0. The molecule has 5 heteroatoms. The number of hydrogen-bond donors (Lipinski definition) is 1. The first-order valence-electron chi connectivity index (χ1n) is 5.80. The van der Waals surface area contributed by atoms with Crippen LogP contribution in [-0.4, -0.2) is 42.6 Å². The summed E-state index contributed by atoms with van der Waals surface area (Å²) in [6.07, 6.45) is 1.46. The monoisotopic (exact) mass is 238 g/mol. The molecule has 0 aromatic carbocycles. The summed E-state index contributed by atoms with van der Waals surface area (Å²) < 4.78 is 10.8. The molecule has 2 unspecified atom stereocenters. The quantitative estimate of drug-likeness (QED) is 0.826. The number of rotatable bonds is 2. The van der Waals surface area contributed by atoms with Crippen molar-refractivity contribution in [2.75, 3.05) is 19.6 Å². The number of amides is 1. The molecule has 1 saturated heterocycles. The summed E-state index contributed by atoms with van der Waals surface area (Å²) in [7, 11) is 0. The normalized spacial score (nSPS) is 25.0. The fourth-order valence-electron chi connectivity index (χ4n) is 2.08. The smallest absolute Gasteiger partial charge is 0.290 e. The summed E-state index contributed by atoms with van der Waals surface area (Å²) in [5, 5.41) is 0. The van der Waals surface area contributed by atoms with Crippen molar-refractivity contribution in [1.29, 1.82) is 0 Å². The molecule has 1 amide bonds. The summed E-state index contributed by atoms with van der Waals surface area (Å²) in [6, 6.07) is 1.79. The van der Waals surface area contributed by atoms with Gasteiger partial charge in [0.05, 0.1) is 18.5 Å². The minimum atomic E-state index is -0.0852.